The number of hydrogen-bond acceptors (Lipinski definition) is 5. The summed E-state index contributed by atoms with van der Waals surface area (Å²) in [6.07, 6.45) is -0.461. The van der Waals surface area contributed by atoms with Crippen LogP contribution in [0.5, 0.6) is 5.75 Å². The van der Waals surface area contributed by atoms with E-state index in [4.69, 9.17) is 9.47 Å². The second-order valence-electron chi connectivity index (χ2n) is 8.90. The van der Waals surface area contributed by atoms with E-state index in [2.05, 4.69) is 10.4 Å². The molecule has 1 N–H and O–H groups in total. The molecule has 0 aliphatic heterocycles. The van der Waals surface area contributed by atoms with Crippen molar-refractivity contribution in [2.24, 2.45) is 0 Å². The van der Waals surface area contributed by atoms with Crippen molar-refractivity contribution in [2.75, 3.05) is 20.7 Å². The molecule has 3 rings (SSSR count). The number of hydrogen-bond donors (Lipinski definition) is 1. The Morgan fingerprint density at radius 1 is 1.06 bits per heavy atom. The molecule has 34 heavy (non-hydrogen) atoms. The van der Waals surface area contributed by atoms with Crippen LogP contribution in [0.3, 0.4) is 0 Å². The maximum atomic E-state index is 12.8. The fraction of sp³-hybridized carbons (Fsp3) is 0.346. The topological polar surface area (TPSA) is 85.7 Å². The number of benzene rings is 2. The quantitative estimate of drug-likeness (QED) is 0.549. The molecular weight excluding hydrogens is 432 g/mol. The summed E-state index contributed by atoms with van der Waals surface area (Å²) in [5.41, 5.74) is 3.23. The van der Waals surface area contributed by atoms with Crippen molar-refractivity contribution in [1.29, 1.82) is 0 Å². The van der Waals surface area contributed by atoms with E-state index in [1.807, 2.05) is 76.2 Å². The maximum Gasteiger partial charge on any atom is 0.407 e. The van der Waals surface area contributed by atoms with Crippen LogP contribution in [0.4, 0.5) is 4.79 Å². The largest absolute Gasteiger partial charge is 0.497 e. The van der Waals surface area contributed by atoms with E-state index in [1.54, 1.807) is 29.8 Å². The van der Waals surface area contributed by atoms with Crippen molar-refractivity contribution in [3.63, 3.8) is 0 Å². The Balaban J connectivity index is 1.88. The summed E-state index contributed by atoms with van der Waals surface area (Å²) in [7, 11) is 3.37. The number of aromatic nitrogens is 2. The Hall–Kier alpha value is -3.81. The van der Waals surface area contributed by atoms with Crippen molar-refractivity contribution >= 4 is 12.0 Å². The van der Waals surface area contributed by atoms with E-state index in [-0.39, 0.29) is 5.91 Å². The summed E-state index contributed by atoms with van der Waals surface area (Å²) in [5, 5.41) is 7.37. The van der Waals surface area contributed by atoms with Crippen LogP contribution in [0.25, 0.3) is 16.9 Å². The van der Waals surface area contributed by atoms with Crippen LogP contribution in [0.2, 0.25) is 0 Å². The number of nitrogens with one attached hydrogen (secondary N) is 1. The standard InChI is InChI=1S/C26H32N4O4/c1-7-29(5)24(31)22-16-23(30(28-22)20-12-14-21(33-6)15-13-20)19-10-8-18(9-11-19)17-27-25(32)34-26(2,3)4/h8-16H,7,17H2,1-6H3,(H,27,32). The second kappa shape index (κ2) is 10.4. The molecule has 0 fully saturated rings. The molecule has 2 aromatic carbocycles. The molecule has 1 aromatic heterocycles. The average Bonchev–Trinajstić information content (AvgIpc) is 3.26. The van der Waals surface area contributed by atoms with Gasteiger partial charge in [-0.2, -0.15) is 5.10 Å². The summed E-state index contributed by atoms with van der Waals surface area (Å²) in [5.74, 6) is 0.593. The van der Waals surface area contributed by atoms with E-state index >= 15 is 0 Å². The zero-order valence-corrected chi connectivity index (χ0v) is 20.6. The van der Waals surface area contributed by atoms with Crippen molar-refractivity contribution < 1.29 is 19.1 Å². The molecule has 0 radical (unpaired) electrons. The average molecular weight is 465 g/mol. The highest BCUT2D eigenvalue weighted by Gasteiger charge is 2.19. The lowest BCUT2D eigenvalue weighted by Gasteiger charge is -2.19. The van der Waals surface area contributed by atoms with Crippen molar-refractivity contribution in [3.05, 3.63) is 65.9 Å². The van der Waals surface area contributed by atoms with Crippen LogP contribution in [0, 0.1) is 0 Å². The molecule has 0 aliphatic carbocycles. The molecule has 2 amide bonds. The number of amides is 2. The van der Waals surface area contributed by atoms with Gasteiger partial charge in [0.25, 0.3) is 5.91 Å². The molecule has 0 spiro atoms. The van der Waals surface area contributed by atoms with Crippen LogP contribution in [0.1, 0.15) is 43.7 Å². The van der Waals surface area contributed by atoms with Gasteiger partial charge in [-0.1, -0.05) is 24.3 Å². The predicted molar refractivity (Wildman–Crippen MR) is 131 cm³/mol. The maximum absolute atomic E-state index is 12.8. The van der Waals surface area contributed by atoms with Crippen LogP contribution < -0.4 is 10.1 Å². The van der Waals surface area contributed by atoms with Gasteiger partial charge in [-0.3, -0.25) is 4.79 Å². The Morgan fingerprint density at radius 2 is 1.71 bits per heavy atom. The first-order valence-corrected chi connectivity index (χ1v) is 11.2. The Morgan fingerprint density at radius 3 is 2.26 bits per heavy atom. The van der Waals surface area contributed by atoms with Gasteiger partial charge in [-0.15, -0.1) is 0 Å². The summed E-state index contributed by atoms with van der Waals surface area (Å²) < 4.78 is 12.3. The van der Waals surface area contributed by atoms with Gasteiger partial charge in [0, 0.05) is 25.7 Å². The highest BCUT2D eigenvalue weighted by molar-refractivity contribution is 5.93. The summed E-state index contributed by atoms with van der Waals surface area (Å²) in [6.45, 7) is 8.32. The third kappa shape index (κ3) is 6.15. The number of carbonyl (C=O) groups is 2. The SMILES string of the molecule is CCN(C)C(=O)c1cc(-c2ccc(CNC(=O)OC(C)(C)C)cc2)n(-c2ccc(OC)cc2)n1. The second-order valence-corrected chi connectivity index (χ2v) is 8.90. The fourth-order valence-electron chi connectivity index (χ4n) is 3.23. The first-order chi connectivity index (χ1) is 16.1. The lowest BCUT2D eigenvalue weighted by Crippen LogP contribution is -2.32. The van der Waals surface area contributed by atoms with Gasteiger partial charge in [0.15, 0.2) is 5.69 Å². The number of carbonyl (C=O) groups excluding carboxylic acids is 2. The van der Waals surface area contributed by atoms with E-state index in [0.29, 0.717) is 18.8 Å². The Labute approximate surface area is 200 Å². The Bertz CT molecular complexity index is 1130. The summed E-state index contributed by atoms with van der Waals surface area (Å²) >= 11 is 0. The fourth-order valence-corrected chi connectivity index (χ4v) is 3.23. The normalized spacial score (nSPS) is 11.1. The summed E-state index contributed by atoms with van der Waals surface area (Å²) in [4.78, 5) is 26.3. The smallest absolute Gasteiger partial charge is 0.407 e. The van der Waals surface area contributed by atoms with Gasteiger partial charge in [0.1, 0.15) is 11.4 Å². The first kappa shape index (κ1) is 24.8. The number of nitrogens with zero attached hydrogens (tertiary/aromatic N) is 3. The van der Waals surface area contributed by atoms with Gasteiger partial charge >= 0.3 is 6.09 Å². The van der Waals surface area contributed by atoms with Crippen LogP contribution in [0.15, 0.2) is 54.6 Å². The minimum absolute atomic E-state index is 0.144. The first-order valence-electron chi connectivity index (χ1n) is 11.2. The molecule has 0 saturated heterocycles. The van der Waals surface area contributed by atoms with E-state index in [0.717, 1.165) is 28.3 Å². The molecule has 180 valence electrons. The third-order valence-corrected chi connectivity index (χ3v) is 5.15. The third-order valence-electron chi connectivity index (χ3n) is 5.15. The van der Waals surface area contributed by atoms with E-state index in [1.165, 1.54) is 0 Å². The lowest BCUT2D eigenvalue weighted by atomic mass is 10.1. The molecule has 0 atom stereocenters. The van der Waals surface area contributed by atoms with Crippen molar-refractivity contribution in [2.45, 2.75) is 39.8 Å². The van der Waals surface area contributed by atoms with Crippen LogP contribution in [-0.4, -0.2) is 53.0 Å². The predicted octanol–water partition coefficient (Wildman–Crippen LogP) is 4.66. The minimum atomic E-state index is -0.547. The molecular formula is C26H32N4O4. The van der Waals surface area contributed by atoms with Crippen LogP contribution in [-0.2, 0) is 11.3 Å². The van der Waals surface area contributed by atoms with Gasteiger partial charge in [-0.05, 0) is 63.6 Å². The molecule has 8 nitrogen and oxygen atoms in total. The van der Waals surface area contributed by atoms with Gasteiger partial charge < -0.3 is 19.7 Å². The summed E-state index contributed by atoms with van der Waals surface area (Å²) in [6, 6.07) is 17.0. The minimum Gasteiger partial charge on any atom is -0.497 e. The molecule has 1 heterocycles. The number of alkyl carbamates (subject to hydrolysis) is 1. The lowest BCUT2D eigenvalue weighted by molar-refractivity contribution is 0.0523. The molecule has 0 bridgehead atoms. The number of rotatable bonds is 7. The van der Waals surface area contributed by atoms with E-state index < -0.39 is 11.7 Å². The van der Waals surface area contributed by atoms with Crippen LogP contribution >= 0.6 is 0 Å². The molecule has 0 unspecified atom stereocenters. The van der Waals surface area contributed by atoms with Gasteiger partial charge in [-0.25, -0.2) is 9.48 Å². The van der Waals surface area contributed by atoms with Gasteiger partial charge in [0.2, 0.25) is 0 Å². The van der Waals surface area contributed by atoms with Gasteiger partial charge in [0.05, 0.1) is 18.5 Å². The molecule has 3 aromatic rings. The highest BCUT2D eigenvalue weighted by Crippen LogP contribution is 2.26. The van der Waals surface area contributed by atoms with E-state index in [9.17, 15) is 9.59 Å². The number of ether oxygens (including phenoxy) is 2. The zero-order chi connectivity index (χ0) is 24.9. The Kier molecular flexibility index (Phi) is 7.61. The van der Waals surface area contributed by atoms with Crippen molar-refractivity contribution in [3.8, 4) is 22.7 Å². The zero-order valence-electron chi connectivity index (χ0n) is 20.6. The monoisotopic (exact) mass is 464 g/mol. The number of methoxy groups -OCH3 is 1. The molecule has 0 saturated carbocycles. The van der Waals surface area contributed by atoms with Crippen molar-refractivity contribution in [1.82, 2.24) is 20.0 Å². The molecule has 8 heteroatoms. The highest BCUT2D eigenvalue weighted by atomic mass is 16.6. The molecule has 0 aliphatic rings.